The molecule has 24 heavy (non-hydrogen) atoms. The molecular formula is C19H27N3O2. The molecule has 3 amide bonds. The first-order valence-electron chi connectivity index (χ1n) is 8.98. The molecule has 0 spiro atoms. The quantitative estimate of drug-likeness (QED) is 0.927. The summed E-state index contributed by atoms with van der Waals surface area (Å²) in [5.74, 6) is 0.447. The molecule has 1 saturated heterocycles. The van der Waals surface area contributed by atoms with Crippen LogP contribution in [0.3, 0.4) is 0 Å². The van der Waals surface area contributed by atoms with Crippen LogP contribution in [0.25, 0.3) is 0 Å². The Bertz CT molecular complexity index is 614. The molecule has 5 nitrogen and oxygen atoms in total. The van der Waals surface area contributed by atoms with E-state index in [4.69, 9.17) is 0 Å². The highest BCUT2D eigenvalue weighted by molar-refractivity contribution is 5.94. The summed E-state index contributed by atoms with van der Waals surface area (Å²) in [5.41, 5.74) is 2.31. The summed E-state index contributed by atoms with van der Waals surface area (Å²) in [5, 5.41) is 3.01. The second kappa shape index (κ2) is 7.24. The molecule has 1 atom stereocenters. The topological polar surface area (TPSA) is 52.7 Å². The van der Waals surface area contributed by atoms with E-state index in [0.717, 1.165) is 44.6 Å². The Balaban J connectivity index is 1.59. The summed E-state index contributed by atoms with van der Waals surface area (Å²) < 4.78 is 0. The van der Waals surface area contributed by atoms with Gasteiger partial charge in [-0.2, -0.15) is 0 Å². The molecule has 2 aliphatic rings. The predicted octanol–water partition coefficient (Wildman–Crippen LogP) is 2.65. The summed E-state index contributed by atoms with van der Waals surface area (Å²) in [6.45, 7) is 6.77. The van der Waals surface area contributed by atoms with Crippen LogP contribution in [0.2, 0.25) is 0 Å². The van der Waals surface area contributed by atoms with Crippen LogP contribution >= 0.6 is 0 Å². The Kier molecular flexibility index (Phi) is 5.07. The molecule has 130 valence electrons. The average Bonchev–Trinajstić information content (AvgIpc) is 3.03. The first kappa shape index (κ1) is 16.8. The fourth-order valence-corrected chi connectivity index (χ4v) is 3.56. The van der Waals surface area contributed by atoms with Crippen LogP contribution in [0.1, 0.15) is 32.3 Å². The van der Waals surface area contributed by atoms with Crippen molar-refractivity contribution in [1.29, 1.82) is 0 Å². The zero-order valence-electron chi connectivity index (χ0n) is 14.6. The number of para-hydroxylation sites is 1. The van der Waals surface area contributed by atoms with Crippen molar-refractivity contribution in [2.24, 2.45) is 11.8 Å². The highest BCUT2D eigenvalue weighted by Gasteiger charge is 2.31. The summed E-state index contributed by atoms with van der Waals surface area (Å²) >= 11 is 0. The Morgan fingerprint density at radius 3 is 2.83 bits per heavy atom. The van der Waals surface area contributed by atoms with Crippen molar-refractivity contribution in [1.82, 2.24) is 10.2 Å². The number of urea groups is 1. The average molecular weight is 329 g/mol. The van der Waals surface area contributed by atoms with Crippen molar-refractivity contribution < 1.29 is 9.59 Å². The maximum atomic E-state index is 12.9. The van der Waals surface area contributed by atoms with Crippen LogP contribution in [0.5, 0.6) is 0 Å². The zero-order chi connectivity index (χ0) is 17.1. The van der Waals surface area contributed by atoms with E-state index in [9.17, 15) is 9.59 Å². The number of piperidine rings is 1. The summed E-state index contributed by atoms with van der Waals surface area (Å²) in [6, 6.07) is 8.26. The molecule has 1 fully saturated rings. The van der Waals surface area contributed by atoms with E-state index in [0.29, 0.717) is 12.5 Å². The van der Waals surface area contributed by atoms with Crippen molar-refractivity contribution >= 4 is 17.6 Å². The second-order valence-corrected chi connectivity index (χ2v) is 7.17. The summed E-state index contributed by atoms with van der Waals surface area (Å²) in [7, 11) is 0. The number of hydrogen-bond donors (Lipinski definition) is 1. The molecule has 0 saturated carbocycles. The minimum Gasteiger partial charge on any atom is -0.356 e. The highest BCUT2D eigenvalue weighted by atomic mass is 16.2. The van der Waals surface area contributed by atoms with Crippen LogP contribution < -0.4 is 10.2 Å². The van der Waals surface area contributed by atoms with Crippen LogP contribution in [0, 0.1) is 11.8 Å². The first-order chi connectivity index (χ1) is 11.6. The van der Waals surface area contributed by atoms with Crippen molar-refractivity contribution in [2.45, 2.75) is 33.1 Å². The van der Waals surface area contributed by atoms with Crippen LogP contribution in [0.15, 0.2) is 24.3 Å². The van der Waals surface area contributed by atoms with Crippen molar-refractivity contribution in [3.63, 3.8) is 0 Å². The number of hydrogen-bond acceptors (Lipinski definition) is 2. The van der Waals surface area contributed by atoms with Crippen molar-refractivity contribution in [3.05, 3.63) is 29.8 Å². The first-order valence-corrected chi connectivity index (χ1v) is 8.98. The van der Waals surface area contributed by atoms with Crippen LogP contribution in [0.4, 0.5) is 10.5 Å². The fraction of sp³-hybridized carbons (Fsp3) is 0.579. The molecule has 1 aromatic carbocycles. The second-order valence-electron chi connectivity index (χ2n) is 7.17. The smallest absolute Gasteiger partial charge is 0.324 e. The molecule has 3 rings (SSSR count). The molecule has 5 heteroatoms. The van der Waals surface area contributed by atoms with Gasteiger partial charge in [0, 0.05) is 37.8 Å². The lowest BCUT2D eigenvalue weighted by molar-refractivity contribution is -0.124. The van der Waals surface area contributed by atoms with Crippen molar-refractivity contribution in [3.8, 4) is 0 Å². The van der Waals surface area contributed by atoms with Gasteiger partial charge in [-0.1, -0.05) is 32.0 Å². The molecule has 1 unspecified atom stereocenters. The van der Waals surface area contributed by atoms with Gasteiger partial charge in [0.2, 0.25) is 5.91 Å². The third-order valence-corrected chi connectivity index (χ3v) is 5.00. The van der Waals surface area contributed by atoms with Crippen molar-refractivity contribution in [2.75, 3.05) is 31.1 Å². The van der Waals surface area contributed by atoms with Gasteiger partial charge in [0.25, 0.3) is 0 Å². The third-order valence-electron chi connectivity index (χ3n) is 5.00. The van der Waals surface area contributed by atoms with E-state index in [-0.39, 0.29) is 17.9 Å². The van der Waals surface area contributed by atoms with Gasteiger partial charge in [-0.05, 0) is 36.8 Å². The molecule has 2 aliphatic heterocycles. The Labute approximate surface area is 144 Å². The number of rotatable bonds is 3. The number of nitrogens with one attached hydrogen (secondary N) is 1. The van der Waals surface area contributed by atoms with Gasteiger partial charge >= 0.3 is 6.03 Å². The number of anilines is 1. The van der Waals surface area contributed by atoms with Crippen LogP contribution in [-0.4, -0.2) is 43.0 Å². The van der Waals surface area contributed by atoms with Gasteiger partial charge in [0.15, 0.2) is 0 Å². The number of amides is 3. The number of carbonyl (C=O) groups is 2. The number of carbonyl (C=O) groups excluding carboxylic acids is 2. The Hall–Kier alpha value is -2.04. The standard InChI is InChI=1S/C19H27N3O2/c1-14(2)18(23)20-12-15-6-5-10-21(13-15)19(24)22-11-9-16-7-3-4-8-17(16)22/h3-4,7-8,14-15H,5-6,9-13H2,1-2H3,(H,20,23). The van der Waals surface area contributed by atoms with E-state index in [1.165, 1.54) is 5.56 Å². The van der Waals surface area contributed by atoms with Gasteiger partial charge in [0.1, 0.15) is 0 Å². The lowest BCUT2D eigenvalue weighted by atomic mass is 9.98. The molecule has 1 N–H and O–H groups in total. The maximum absolute atomic E-state index is 12.9. The van der Waals surface area contributed by atoms with Gasteiger partial charge < -0.3 is 10.2 Å². The number of fused-ring (bicyclic) bond motifs is 1. The molecule has 0 radical (unpaired) electrons. The fourth-order valence-electron chi connectivity index (χ4n) is 3.56. The van der Waals surface area contributed by atoms with E-state index in [1.54, 1.807) is 0 Å². The Morgan fingerprint density at radius 2 is 2.04 bits per heavy atom. The molecule has 0 aliphatic carbocycles. The molecular weight excluding hydrogens is 302 g/mol. The minimum atomic E-state index is 0.00688. The van der Waals surface area contributed by atoms with Gasteiger partial charge in [-0.3, -0.25) is 9.69 Å². The normalized spacial score (nSPS) is 20.2. The van der Waals surface area contributed by atoms with E-state index in [1.807, 2.05) is 41.8 Å². The summed E-state index contributed by atoms with van der Waals surface area (Å²) in [4.78, 5) is 28.5. The molecule has 0 aromatic heterocycles. The van der Waals surface area contributed by atoms with E-state index < -0.39 is 0 Å². The number of likely N-dealkylation sites (tertiary alicyclic amines) is 1. The summed E-state index contributed by atoms with van der Waals surface area (Å²) in [6.07, 6.45) is 3.01. The van der Waals surface area contributed by atoms with E-state index >= 15 is 0 Å². The predicted molar refractivity (Wildman–Crippen MR) is 95.0 cm³/mol. The lowest BCUT2D eigenvalue weighted by Crippen LogP contribution is -2.49. The SMILES string of the molecule is CC(C)C(=O)NCC1CCCN(C(=O)N2CCc3ccccc32)C1. The maximum Gasteiger partial charge on any atom is 0.324 e. The van der Waals surface area contributed by atoms with Crippen LogP contribution in [-0.2, 0) is 11.2 Å². The third kappa shape index (κ3) is 3.55. The zero-order valence-corrected chi connectivity index (χ0v) is 14.6. The molecule has 2 heterocycles. The number of nitrogens with zero attached hydrogens (tertiary/aromatic N) is 2. The number of benzene rings is 1. The van der Waals surface area contributed by atoms with Gasteiger partial charge in [-0.25, -0.2) is 4.79 Å². The molecule has 1 aromatic rings. The van der Waals surface area contributed by atoms with E-state index in [2.05, 4.69) is 11.4 Å². The monoisotopic (exact) mass is 329 g/mol. The molecule has 0 bridgehead atoms. The Morgan fingerprint density at radius 1 is 1.25 bits per heavy atom. The lowest BCUT2D eigenvalue weighted by Gasteiger charge is -2.35. The van der Waals surface area contributed by atoms with Gasteiger partial charge in [0.05, 0.1) is 0 Å². The minimum absolute atomic E-state index is 0.00688. The largest absolute Gasteiger partial charge is 0.356 e. The highest BCUT2D eigenvalue weighted by Crippen LogP contribution is 2.29. The van der Waals surface area contributed by atoms with Gasteiger partial charge in [-0.15, -0.1) is 0 Å².